The van der Waals surface area contributed by atoms with E-state index in [0.29, 0.717) is 22.6 Å². The zero-order chi connectivity index (χ0) is 20.5. The first-order chi connectivity index (χ1) is 13.2. The molecule has 0 bridgehead atoms. The van der Waals surface area contributed by atoms with Crippen LogP contribution in [0.5, 0.6) is 11.5 Å². The Bertz CT molecular complexity index is 833. The lowest BCUT2D eigenvalue weighted by molar-refractivity contribution is -0.137. The molecule has 150 valence electrons. The highest BCUT2D eigenvalue weighted by Crippen LogP contribution is 2.34. The molecule has 2 aromatic carbocycles. The number of methoxy groups -OCH3 is 2. The highest BCUT2D eigenvalue weighted by Gasteiger charge is 2.34. The molecule has 28 heavy (non-hydrogen) atoms. The average Bonchev–Trinajstić information content (AvgIpc) is 3.50. The van der Waals surface area contributed by atoms with Crippen LogP contribution >= 0.6 is 0 Å². The van der Waals surface area contributed by atoms with E-state index < -0.39 is 11.7 Å². The summed E-state index contributed by atoms with van der Waals surface area (Å²) >= 11 is 0. The van der Waals surface area contributed by atoms with Gasteiger partial charge in [-0.3, -0.25) is 4.79 Å². The summed E-state index contributed by atoms with van der Waals surface area (Å²) in [4.78, 5) is 14.8. The normalized spacial score (nSPS) is 13.9. The van der Waals surface area contributed by atoms with Gasteiger partial charge in [0.1, 0.15) is 11.5 Å². The summed E-state index contributed by atoms with van der Waals surface area (Å²) in [6.07, 6.45) is -2.61. The molecule has 0 spiro atoms. The van der Waals surface area contributed by atoms with Gasteiger partial charge in [-0.15, -0.1) is 0 Å². The van der Waals surface area contributed by atoms with Crippen molar-refractivity contribution in [1.29, 1.82) is 0 Å². The van der Waals surface area contributed by atoms with E-state index in [4.69, 9.17) is 9.47 Å². The number of hydrogen-bond donors (Lipinski definition) is 0. The van der Waals surface area contributed by atoms with Crippen LogP contribution in [0.2, 0.25) is 0 Å². The molecule has 0 aromatic heterocycles. The van der Waals surface area contributed by atoms with E-state index in [1.54, 1.807) is 17.0 Å². The molecule has 4 nitrogen and oxygen atoms in total. The van der Waals surface area contributed by atoms with Gasteiger partial charge in [0, 0.05) is 23.7 Å². The Balaban J connectivity index is 1.86. The monoisotopic (exact) mass is 393 g/mol. The first kappa shape index (κ1) is 20.0. The average molecular weight is 393 g/mol. The van der Waals surface area contributed by atoms with Crippen molar-refractivity contribution >= 4 is 5.91 Å². The molecule has 1 aliphatic rings. The van der Waals surface area contributed by atoms with Gasteiger partial charge in [-0.1, -0.05) is 12.1 Å². The van der Waals surface area contributed by atoms with Crippen LogP contribution in [-0.2, 0) is 12.7 Å². The van der Waals surface area contributed by atoms with E-state index in [1.807, 2.05) is 6.92 Å². The number of benzene rings is 2. The summed E-state index contributed by atoms with van der Waals surface area (Å²) in [7, 11) is 3.05. The van der Waals surface area contributed by atoms with E-state index in [0.717, 1.165) is 30.5 Å². The third-order valence-corrected chi connectivity index (χ3v) is 4.88. The molecule has 0 atom stereocenters. The van der Waals surface area contributed by atoms with Crippen LogP contribution in [0.4, 0.5) is 13.2 Å². The highest BCUT2D eigenvalue weighted by molar-refractivity contribution is 5.95. The lowest BCUT2D eigenvalue weighted by atomic mass is 10.1. The minimum atomic E-state index is -4.38. The minimum Gasteiger partial charge on any atom is -0.496 e. The summed E-state index contributed by atoms with van der Waals surface area (Å²) in [5.41, 5.74) is 1.17. The van der Waals surface area contributed by atoms with E-state index in [-0.39, 0.29) is 18.5 Å². The number of alkyl halides is 3. The van der Waals surface area contributed by atoms with Crippen molar-refractivity contribution < 1.29 is 27.4 Å². The number of amides is 1. The van der Waals surface area contributed by atoms with Gasteiger partial charge in [0.2, 0.25) is 0 Å². The number of carbonyl (C=O) groups excluding carboxylic acids is 1. The molecule has 0 unspecified atom stereocenters. The van der Waals surface area contributed by atoms with Gasteiger partial charge in [-0.25, -0.2) is 0 Å². The van der Waals surface area contributed by atoms with Crippen molar-refractivity contribution in [2.24, 2.45) is 0 Å². The molecule has 2 aromatic rings. The van der Waals surface area contributed by atoms with E-state index in [2.05, 4.69) is 0 Å². The molecular formula is C21H22F3NO3. The van der Waals surface area contributed by atoms with Crippen LogP contribution in [0.25, 0.3) is 0 Å². The van der Waals surface area contributed by atoms with Crippen LogP contribution in [0.15, 0.2) is 36.4 Å². The van der Waals surface area contributed by atoms with Crippen LogP contribution in [0.3, 0.4) is 0 Å². The zero-order valence-corrected chi connectivity index (χ0v) is 16.0. The maximum atomic E-state index is 13.1. The zero-order valence-electron chi connectivity index (χ0n) is 16.0. The Hall–Kier alpha value is -2.70. The fraction of sp³-hybridized carbons (Fsp3) is 0.381. The topological polar surface area (TPSA) is 38.8 Å². The number of rotatable bonds is 6. The van der Waals surface area contributed by atoms with Crippen LogP contribution in [-0.4, -0.2) is 31.1 Å². The molecule has 1 aliphatic carbocycles. The maximum Gasteiger partial charge on any atom is 0.416 e. The Kier molecular flexibility index (Phi) is 5.54. The molecule has 0 heterocycles. The summed E-state index contributed by atoms with van der Waals surface area (Å²) in [6, 6.07) is 8.35. The summed E-state index contributed by atoms with van der Waals surface area (Å²) in [5.74, 6) is 0.903. The third-order valence-electron chi connectivity index (χ3n) is 4.88. The standard InChI is InChI=1S/C21H22F3NO3/c1-13-18(27-2)10-15(11-19(13)28-3)20(26)25(17-8-9-17)12-14-4-6-16(7-5-14)21(22,23)24/h4-7,10-11,17H,8-9,12H2,1-3H3. The van der Waals surface area contributed by atoms with Gasteiger partial charge < -0.3 is 14.4 Å². The molecule has 0 saturated heterocycles. The summed E-state index contributed by atoms with van der Waals surface area (Å²) in [5, 5.41) is 0. The SMILES string of the molecule is COc1cc(C(=O)N(Cc2ccc(C(F)(F)F)cc2)C2CC2)cc(OC)c1C. The van der Waals surface area contributed by atoms with Gasteiger partial charge >= 0.3 is 6.18 Å². The fourth-order valence-electron chi connectivity index (χ4n) is 3.12. The van der Waals surface area contributed by atoms with Gasteiger partial charge in [0.05, 0.1) is 19.8 Å². The van der Waals surface area contributed by atoms with Gasteiger partial charge in [-0.05, 0) is 49.6 Å². The molecule has 0 radical (unpaired) electrons. The first-order valence-electron chi connectivity index (χ1n) is 8.94. The third kappa shape index (κ3) is 4.24. The quantitative estimate of drug-likeness (QED) is 0.705. The predicted molar refractivity (Wildman–Crippen MR) is 98.6 cm³/mol. The highest BCUT2D eigenvalue weighted by atomic mass is 19.4. The molecular weight excluding hydrogens is 371 g/mol. The first-order valence-corrected chi connectivity index (χ1v) is 8.94. The largest absolute Gasteiger partial charge is 0.496 e. The van der Waals surface area contributed by atoms with Gasteiger partial charge in [0.25, 0.3) is 5.91 Å². The number of hydrogen-bond acceptors (Lipinski definition) is 3. The molecule has 0 N–H and O–H groups in total. The summed E-state index contributed by atoms with van der Waals surface area (Å²) < 4.78 is 49.0. The second-order valence-electron chi connectivity index (χ2n) is 6.86. The molecule has 1 amide bonds. The predicted octanol–water partition coefficient (Wildman–Crippen LogP) is 4.84. The number of ether oxygens (including phenoxy) is 2. The van der Waals surface area contributed by atoms with Crippen LogP contribution < -0.4 is 9.47 Å². The number of nitrogens with zero attached hydrogens (tertiary/aromatic N) is 1. The van der Waals surface area contributed by atoms with Crippen molar-refractivity contribution in [2.45, 2.75) is 38.5 Å². The van der Waals surface area contributed by atoms with Crippen molar-refractivity contribution in [3.05, 3.63) is 58.7 Å². The maximum absolute atomic E-state index is 13.1. The second kappa shape index (κ2) is 7.73. The van der Waals surface area contributed by atoms with Crippen LogP contribution in [0, 0.1) is 6.92 Å². The second-order valence-corrected chi connectivity index (χ2v) is 6.86. The number of carbonyl (C=O) groups is 1. The Labute approximate surface area is 161 Å². The van der Waals surface area contributed by atoms with Gasteiger partial charge in [-0.2, -0.15) is 13.2 Å². The van der Waals surface area contributed by atoms with E-state index in [9.17, 15) is 18.0 Å². The van der Waals surface area contributed by atoms with Crippen molar-refractivity contribution in [2.75, 3.05) is 14.2 Å². The molecule has 3 rings (SSSR count). The Morgan fingerprint density at radius 3 is 2.04 bits per heavy atom. The smallest absolute Gasteiger partial charge is 0.416 e. The molecule has 1 fully saturated rings. The lowest BCUT2D eigenvalue weighted by Gasteiger charge is -2.24. The molecule has 1 saturated carbocycles. The minimum absolute atomic E-state index is 0.0908. The van der Waals surface area contributed by atoms with E-state index in [1.165, 1.54) is 26.4 Å². The van der Waals surface area contributed by atoms with Crippen LogP contribution in [0.1, 0.15) is 39.9 Å². The lowest BCUT2D eigenvalue weighted by Crippen LogP contribution is -2.32. The van der Waals surface area contributed by atoms with Crippen molar-refractivity contribution in [1.82, 2.24) is 4.90 Å². The Morgan fingerprint density at radius 1 is 1.07 bits per heavy atom. The van der Waals surface area contributed by atoms with Crippen molar-refractivity contribution in [3.8, 4) is 11.5 Å². The number of halogens is 3. The fourth-order valence-corrected chi connectivity index (χ4v) is 3.12. The molecule has 7 heteroatoms. The molecule has 0 aliphatic heterocycles. The summed E-state index contributed by atoms with van der Waals surface area (Å²) in [6.45, 7) is 2.09. The Morgan fingerprint density at radius 2 is 1.61 bits per heavy atom. The van der Waals surface area contributed by atoms with E-state index >= 15 is 0 Å². The van der Waals surface area contributed by atoms with Crippen molar-refractivity contribution in [3.63, 3.8) is 0 Å². The van der Waals surface area contributed by atoms with Gasteiger partial charge in [0.15, 0.2) is 0 Å².